The van der Waals surface area contributed by atoms with Crippen LogP contribution in [-0.4, -0.2) is 23.7 Å². The molecular weight excluding hydrogens is 186 g/mol. The van der Waals surface area contributed by atoms with Crippen molar-refractivity contribution in [3.05, 3.63) is 18.2 Å². The molecule has 1 aromatic carbocycles. The van der Waals surface area contributed by atoms with Crippen molar-refractivity contribution in [3.63, 3.8) is 0 Å². The van der Waals surface area contributed by atoms with Crippen LogP contribution in [0.4, 0.5) is 0 Å². The van der Waals surface area contributed by atoms with Gasteiger partial charge in [0.15, 0.2) is 11.5 Å². The number of carbonyl (C=O) groups excluding carboxylic acids is 1. The number of hydrogen-bond donors (Lipinski definition) is 2. The molecule has 5 heteroatoms. The Hall–Kier alpha value is -1.91. The topological polar surface area (TPSA) is 81.8 Å². The zero-order valence-corrected chi connectivity index (χ0v) is 7.27. The molecule has 1 aromatic rings. The second kappa shape index (κ2) is 3.10. The van der Waals surface area contributed by atoms with Crippen LogP contribution in [0.15, 0.2) is 18.2 Å². The van der Waals surface area contributed by atoms with Gasteiger partial charge in [0.2, 0.25) is 6.10 Å². The molecule has 14 heavy (non-hydrogen) atoms. The molecule has 3 N–H and O–H groups in total. The molecule has 74 valence electrons. The number of ether oxygens (including phenoxy) is 2. The highest BCUT2D eigenvalue weighted by molar-refractivity contribution is 5.79. The van der Waals surface area contributed by atoms with Gasteiger partial charge in [0.05, 0.1) is 0 Å². The zero-order chi connectivity index (χ0) is 10.1. The smallest absolute Gasteiger partial charge is 0.262 e. The van der Waals surface area contributed by atoms with Gasteiger partial charge in [-0.3, -0.25) is 4.79 Å². The number of aromatic hydroxyl groups is 1. The Bertz CT molecular complexity index is 377. The average Bonchev–Trinajstić information content (AvgIpc) is 2.16. The summed E-state index contributed by atoms with van der Waals surface area (Å²) in [6, 6.07) is 4.43. The summed E-state index contributed by atoms with van der Waals surface area (Å²) >= 11 is 0. The molecule has 1 heterocycles. The second-order valence-corrected chi connectivity index (χ2v) is 2.95. The van der Waals surface area contributed by atoms with Crippen LogP contribution in [0.1, 0.15) is 0 Å². The lowest BCUT2D eigenvalue weighted by atomic mass is 10.2. The van der Waals surface area contributed by atoms with Gasteiger partial charge in [0.25, 0.3) is 5.91 Å². The molecule has 1 aliphatic heterocycles. The summed E-state index contributed by atoms with van der Waals surface area (Å²) in [4.78, 5) is 10.8. The quantitative estimate of drug-likeness (QED) is 0.661. The summed E-state index contributed by atoms with van der Waals surface area (Å²) in [5.74, 6) is 0.303. The molecule has 0 radical (unpaired) electrons. The molecular formula is C9H9NO4. The van der Waals surface area contributed by atoms with Crippen LogP contribution < -0.4 is 15.2 Å². The van der Waals surface area contributed by atoms with Crippen LogP contribution in [0.5, 0.6) is 17.2 Å². The summed E-state index contributed by atoms with van der Waals surface area (Å²) in [5.41, 5.74) is 5.06. The van der Waals surface area contributed by atoms with Gasteiger partial charge >= 0.3 is 0 Å². The molecule has 5 nitrogen and oxygen atoms in total. The molecule has 1 aliphatic rings. The molecule has 0 fully saturated rings. The first-order chi connectivity index (χ1) is 6.66. The summed E-state index contributed by atoms with van der Waals surface area (Å²) < 4.78 is 10.4. The number of carbonyl (C=O) groups is 1. The third-order valence-corrected chi connectivity index (χ3v) is 1.90. The predicted molar refractivity (Wildman–Crippen MR) is 47.2 cm³/mol. The van der Waals surface area contributed by atoms with Crippen LogP contribution in [0.3, 0.4) is 0 Å². The molecule has 0 saturated carbocycles. The van der Waals surface area contributed by atoms with Crippen molar-refractivity contribution in [1.82, 2.24) is 0 Å². The van der Waals surface area contributed by atoms with Gasteiger partial charge in [0, 0.05) is 6.07 Å². The van der Waals surface area contributed by atoms with E-state index in [1.807, 2.05) is 0 Å². The number of phenolic OH excluding ortho intramolecular Hbond substituents is 1. The molecule has 0 aromatic heterocycles. The van der Waals surface area contributed by atoms with Gasteiger partial charge in [-0.25, -0.2) is 0 Å². The lowest BCUT2D eigenvalue weighted by molar-refractivity contribution is -0.127. The third kappa shape index (κ3) is 1.44. The normalized spacial score (nSPS) is 19.0. The van der Waals surface area contributed by atoms with Crippen LogP contribution in [0, 0.1) is 0 Å². The Balaban J connectivity index is 2.29. The van der Waals surface area contributed by atoms with Gasteiger partial charge in [-0.05, 0) is 12.1 Å². The maximum atomic E-state index is 10.8. The molecule has 0 unspecified atom stereocenters. The first-order valence-electron chi connectivity index (χ1n) is 4.08. The van der Waals surface area contributed by atoms with E-state index < -0.39 is 12.0 Å². The van der Waals surface area contributed by atoms with Crippen LogP contribution in [0.25, 0.3) is 0 Å². The number of nitrogens with two attached hydrogens (primary N) is 1. The average molecular weight is 195 g/mol. The Morgan fingerprint density at radius 3 is 3.00 bits per heavy atom. The lowest BCUT2D eigenvalue weighted by Gasteiger charge is -2.24. The van der Waals surface area contributed by atoms with Gasteiger partial charge in [-0.1, -0.05) is 0 Å². The monoisotopic (exact) mass is 195 g/mol. The lowest BCUT2D eigenvalue weighted by Crippen LogP contribution is -2.40. The number of rotatable bonds is 1. The number of primary amides is 1. The van der Waals surface area contributed by atoms with E-state index in [0.717, 1.165) is 0 Å². The van der Waals surface area contributed by atoms with Gasteiger partial charge < -0.3 is 20.3 Å². The molecule has 2 rings (SSSR count). The largest absolute Gasteiger partial charge is 0.508 e. The molecule has 0 spiro atoms. The minimum absolute atomic E-state index is 0.0532. The predicted octanol–water partition coefficient (Wildman–Crippen LogP) is 0.0173. The van der Waals surface area contributed by atoms with Crippen LogP contribution in [-0.2, 0) is 4.79 Å². The highest BCUT2D eigenvalue weighted by Crippen LogP contribution is 2.34. The van der Waals surface area contributed by atoms with Crippen molar-refractivity contribution in [3.8, 4) is 17.2 Å². The Kier molecular flexibility index (Phi) is 1.92. The number of benzene rings is 1. The molecule has 0 aliphatic carbocycles. The highest BCUT2D eigenvalue weighted by Gasteiger charge is 2.25. The maximum absolute atomic E-state index is 10.8. The van der Waals surface area contributed by atoms with Crippen LogP contribution >= 0.6 is 0 Å². The van der Waals surface area contributed by atoms with Crippen molar-refractivity contribution in [2.75, 3.05) is 6.61 Å². The highest BCUT2D eigenvalue weighted by atomic mass is 16.6. The third-order valence-electron chi connectivity index (χ3n) is 1.90. The van der Waals surface area contributed by atoms with Crippen molar-refractivity contribution in [1.29, 1.82) is 0 Å². The minimum atomic E-state index is -0.788. The van der Waals surface area contributed by atoms with Gasteiger partial charge in [0.1, 0.15) is 12.4 Å². The number of hydrogen-bond acceptors (Lipinski definition) is 4. The first-order valence-corrected chi connectivity index (χ1v) is 4.08. The maximum Gasteiger partial charge on any atom is 0.262 e. The first kappa shape index (κ1) is 8.68. The standard InChI is InChI=1S/C9H9NO4/c10-9(12)8-4-13-6-2-1-5(11)3-7(6)14-8/h1-3,8,11H,4H2,(H2,10,12)/t8-/m1/s1. The van der Waals surface area contributed by atoms with E-state index in [1.54, 1.807) is 6.07 Å². The molecule has 1 atom stereocenters. The number of fused-ring (bicyclic) bond motifs is 1. The van der Waals surface area contributed by atoms with Crippen molar-refractivity contribution in [2.24, 2.45) is 5.73 Å². The van der Waals surface area contributed by atoms with E-state index in [4.69, 9.17) is 20.3 Å². The second-order valence-electron chi connectivity index (χ2n) is 2.95. The van der Waals surface area contributed by atoms with E-state index in [-0.39, 0.29) is 12.4 Å². The fourth-order valence-corrected chi connectivity index (χ4v) is 1.20. The summed E-state index contributed by atoms with van der Waals surface area (Å²) in [6.07, 6.45) is -0.788. The zero-order valence-electron chi connectivity index (χ0n) is 7.27. The van der Waals surface area contributed by atoms with E-state index in [1.165, 1.54) is 12.1 Å². The summed E-state index contributed by atoms with van der Waals surface area (Å²) in [6.45, 7) is 0.104. The Morgan fingerprint density at radius 1 is 1.50 bits per heavy atom. The van der Waals surface area contributed by atoms with Gasteiger partial charge in [-0.2, -0.15) is 0 Å². The van der Waals surface area contributed by atoms with E-state index in [9.17, 15) is 4.79 Å². The van der Waals surface area contributed by atoms with Crippen LogP contribution in [0.2, 0.25) is 0 Å². The summed E-state index contributed by atoms with van der Waals surface area (Å²) in [7, 11) is 0. The SMILES string of the molecule is NC(=O)[C@H]1COc2ccc(O)cc2O1. The van der Waals surface area contributed by atoms with Crippen molar-refractivity contribution in [2.45, 2.75) is 6.10 Å². The van der Waals surface area contributed by atoms with E-state index in [0.29, 0.717) is 11.5 Å². The van der Waals surface area contributed by atoms with Crippen molar-refractivity contribution >= 4 is 5.91 Å². The van der Waals surface area contributed by atoms with E-state index in [2.05, 4.69) is 0 Å². The number of phenols is 1. The van der Waals surface area contributed by atoms with Crippen molar-refractivity contribution < 1.29 is 19.4 Å². The van der Waals surface area contributed by atoms with E-state index >= 15 is 0 Å². The fourth-order valence-electron chi connectivity index (χ4n) is 1.20. The molecule has 0 bridgehead atoms. The number of amides is 1. The Morgan fingerprint density at radius 2 is 2.29 bits per heavy atom. The fraction of sp³-hybridized carbons (Fsp3) is 0.222. The minimum Gasteiger partial charge on any atom is -0.508 e. The Labute approximate surface area is 80.0 Å². The molecule has 1 amide bonds. The van der Waals surface area contributed by atoms with Gasteiger partial charge in [-0.15, -0.1) is 0 Å². The molecule has 0 saturated heterocycles. The summed E-state index contributed by atoms with van der Waals surface area (Å²) in [5, 5.41) is 9.16.